The van der Waals surface area contributed by atoms with Crippen LogP contribution in [0, 0.1) is 17.6 Å². The average molecular weight is 254 g/mol. The Labute approximate surface area is 103 Å². The van der Waals surface area contributed by atoms with E-state index in [1.807, 2.05) is 0 Å². The van der Waals surface area contributed by atoms with Gasteiger partial charge in [0, 0.05) is 24.7 Å². The van der Waals surface area contributed by atoms with E-state index in [9.17, 15) is 13.2 Å². The van der Waals surface area contributed by atoms with Crippen LogP contribution in [0.3, 0.4) is 0 Å². The molecule has 0 bridgehead atoms. The van der Waals surface area contributed by atoms with Crippen LogP contribution in [-0.4, -0.2) is 25.0 Å². The van der Waals surface area contributed by atoms with E-state index in [1.54, 1.807) is 0 Å². The first kappa shape index (κ1) is 11.7. The lowest BCUT2D eigenvalue weighted by atomic mass is 9.90. The molecule has 2 heterocycles. The van der Waals surface area contributed by atoms with Gasteiger partial charge < -0.3 is 5.32 Å². The molecule has 0 aliphatic carbocycles. The highest BCUT2D eigenvalue weighted by Gasteiger charge is 2.42. The summed E-state index contributed by atoms with van der Waals surface area (Å²) in [6.07, 6.45) is -0.698. The largest absolute Gasteiger partial charge is 0.316 e. The van der Waals surface area contributed by atoms with Gasteiger partial charge >= 0.3 is 0 Å². The third-order valence-electron chi connectivity index (χ3n) is 3.64. The second-order valence-electron chi connectivity index (χ2n) is 4.71. The normalized spacial score (nSPS) is 31.1. The monoisotopic (exact) mass is 254 g/mol. The first-order valence-corrected chi connectivity index (χ1v) is 6.03. The van der Waals surface area contributed by atoms with Gasteiger partial charge in [-0.2, -0.15) is 0 Å². The van der Waals surface area contributed by atoms with Crippen LogP contribution in [0.2, 0.25) is 0 Å². The van der Waals surface area contributed by atoms with E-state index >= 15 is 0 Å². The minimum absolute atomic E-state index is 0.244. The number of nitrogens with zero attached hydrogens (tertiary/aromatic N) is 1. The lowest BCUT2D eigenvalue weighted by Gasteiger charge is -2.22. The minimum Gasteiger partial charge on any atom is -0.316 e. The van der Waals surface area contributed by atoms with Gasteiger partial charge in [0.2, 0.25) is 0 Å². The summed E-state index contributed by atoms with van der Waals surface area (Å²) in [5, 5.41) is 3.08. The summed E-state index contributed by atoms with van der Waals surface area (Å²) in [6.45, 7) is 1.24. The number of hydrogen-bond acceptors (Lipinski definition) is 2. The summed E-state index contributed by atoms with van der Waals surface area (Å²) in [4.78, 5) is 4.20. The Balaban J connectivity index is 2.00. The molecular weight excluding hydrogens is 241 g/mol. The van der Waals surface area contributed by atoms with Gasteiger partial charge in [-0.1, -0.05) is 6.07 Å². The Hall–Kier alpha value is -1.36. The molecule has 2 nitrogen and oxygen atoms in total. The zero-order chi connectivity index (χ0) is 12.7. The predicted molar refractivity (Wildman–Crippen MR) is 62.4 cm³/mol. The van der Waals surface area contributed by atoms with Crippen LogP contribution in [0.25, 0.3) is 0 Å². The summed E-state index contributed by atoms with van der Waals surface area (Å²) < 4.78 is 41.6. The van der Waals surface area contributed by atoms with E-state index in [-0.39, 0.29) is 11.5 Å². The van der Waals surface area contributed by atoms with Gasteiger partial charge in [0.25, 0.3) is 0 Å². The van der Waals surface area contributed by atoms with Crippen molar-refractivity contribution in [1.82, 2.24) is 5.32 Å². The molecule has 1 saturated heterocycles. The molecule has 1 aromatic carbocycles. The average Bonchev–Trinajstić information content (AvgIpc) is 2.68. The molecule has 3 unspecified atom stereocenters. The van der Waals surface area contributed by atoms with Crippen molar-refractivity contribution in [1.29, 1.82) is 0 Å². The summed E-state index contributed by atoms with van der Waals surface area (Å²) in [5.74, 6) is -1.79. The smallest absolute Gasteiger partial charge is 0.136 e. The Morgan fingerprint density at radius 3 is 2.61 bits per heavy atom. The summed E-state index contributed by atoms with van der Waals surface area (Å²) in [5.41, 5.74) is 0.501. The summed E-state index contributed by atoms with van der Waals surface area (Å²) in [6, 6.07) is 2.53. The maximum atomic E-state index is 14.3. The first-order chi connectivity index (χ1) is 8.68. The fourth-order valence-corrected chi connectivity index (χ4v) is 2.72. The number of benzene rings is 1. The van der Waals surface area contributed by atoms with E-state index in [4.69, 9.17) is 0 Å². The number of halogens is 3. The second kappa shape index (κ2) is 4.39. The van der Waals surface area contributed by atoms with Crippen molar-refractivity contribution in [3.63, 3.8) is 0 Å². The Morgan fingerprint density at radius 1 is 1.22 bits per heavy atom. The molecule has 5 heteroatoms. The number of hydrogen-bond donors (Lipinski definition) is 1. The van der Waals surface area contributed by atoms with Gasteiger partial charge in [-0.05, 0) is 18.6 Å². The molecule has 0 amide bonds. The fraction of sp³-hybridized carbons (Fsp3) is 0.462. The molecule has 0 radical (unpaired) electrons. The van der Waals surface area contributed by atoms with Crippen molar-refractivity contribution < 1.29 is 13.2 Å². The van der Waals surface area contributed by atoms with Crippen molar-refractivity contribution in [2.45, 2.75) is 18.6 Å². The Morgan fingerprint density at radius 2 is 1.94 bits per heavy atom. The van der Waals surface area contributed by atoms with E-state index in [0.29, 0.717) is 13.0 Å². The number of fused-ring (bicyclic) bond motifs is 1. The van der Waals surface area contributed by atoms with E-state index in [2.05, 4.69) is 10.3 Å². The van der Waals surface area contributed by atoms with Gasteiger partial charge in [0.05, 0.1) is 5.56 Å². The molecule has 3 rings (SSSR count). The van der Waals surface area contributed by atoms with Crippen LogP contribution in [0.1, 0.15) is 18.0 Å². The Kier molecular flexibility index (Phi) is 2.86. The SMILES string of the molecule is Fc1cccc(F)c1C1N=C2CCNCC2C1F. The molecule has 0 saturated carbocycles. The maximum Gasteiger partial charge on any atom is 0.136 e. The van der Waals surface area contributed by atoms with E-state index < -0.39 is 23.8 Å². The lowest BCUT2D eigenvalue weighted by molar-refractivity contribution is 0.239. The quantitative estimate of drug-likeness (QED) is 0.817. The lowest BCUT2D eigenvalue weighted by Crippen LogP contribution is -2.39. The van der Waals surface area contributed by atoms with Gasteiger partial charge in [-0.15, -0.1) is 0 Å². The third-order valence-corrected chi connectivity index (χ3v) is 3.64. The molecule has 1 fully saturated rings. The molecule has 18 heavy (non-hydrogen) atoms. The number of nitrogens with one attached hydrogen (secondary N) is 1. The molecular formula is C13H13F3N2. The highest BCUT2D eigenvalue weighted by molar-refractivity contribution is 5.90. The molecule has 0 aromatic heterocycles. The Bertz CT molecular complexity index is 481. The summed E-state index contributed by atoms with van der Waals surface area (Å²) >= 11 is 0. The van der Waals surface area contributed by atoms with Crippen molar-refractivity contribution in [2.24, 2.45) is 10.9 Å². The topological polar surface area (TPSA) is 24.4 Å². The van der Waals surface area contributed by atoms with Crippen LogP contribution >= 0.6 is 0 Å². The van der Waals surface area contributed by atoms with Gasteiger partial charge in [-0.25, -0.2) is 13.2 Å². The highest BCUT2D eigenvalue weighted by Crippen LogP contribution is 2.39. The van der Waals surface area contributed by atoms with Crippen LogP contribution in [0.4, 0.5) is 13.2 Å². The molecule has 96 valence electrons. The minimum atomic E-state index is -1.35. The molecule has 1 aromatic rings. The van der Waals surface area contributed by atoms with Gasteiger partial charge in [0.15, 0.2) is 0 Å². The molecule has 0 spiro atoms. The standard InChI is InChI=1S/C13H13F3N2/c14-8-2-1-3-9(15)11(8)13-12(16)7-6-17-5-4-10(7)18-13/h1-3,7,12-13,17H,4-6H2. The van der Waals surface area contributed by atoms with Crippen LogP contribution < -0.4 is 5.32 Å². The zero-order valence-electron chi connectivity index (χ0n) is 9.67. The number of rotatable bonds is 1. The molecule has 2 aliphatic heterocycles. The van der Waals surface area contributed by atoms with Crippen LogP contribution in [-0.2, 0) is 0 Å². The van der Waals surface area contributed by atoms with Crippen molar-refractivity contribution in [3.8, 4) is 0 Å². The predicted octanol–water partition coefficient (Wildman–Crippen LogP) is 2.41. The molecule has 3 atom stereocenters. The first-order valence-electron chi connectivity index (χ1n) is 6.03. The summed E-state index contributed by atoms with van der Waals surface area (Å²) in [7, 11) is 0. The second-order valence-corrected chi connectivity index (χ2v) is 4.71. The third kappa shape index (κ3) is 1.73. The number of aliphatic imine (C=N–C) groups is 1. The fourth-order valence-electron chi connectivity index (χ4n) is 2.72. The molecule has 2 aliphatic rings. The zero-order valence-corrected chi connectivity index (χ0v) is 9.67. The number of alkyl halides is 1. The maximum absolute atomic E-state index is 14.3. The molecule has 1 N–H and O–H groups in total. The van der Waals surface area contributed by atoms with Crippen LogP contribution in [0.15, 0.2) is 23.2 Å². The van der Waals surface area contributed by atoms with E-state index in [0.717, 1.165) is 24.4 Å². The van der Waals surface area contributed by atoms with Gasteiger partial charge in [0.1, 0.15) is 23.8 Å². The van der Waals surface area contributed by atoms with Crippen molar-refractivity contribution in [2.75, 3.05) is 13.1 Å². The van der Waals surface area contributed by atoms with Gasteiger partial charge in [-0.3, -0.25) is 4.99 Å². The highest BCUT2D eigenvalue weighted by atomic mass is 19.1. The van der Waals surface area contributed by atoms with Crippen LogP contribution in [0.5, 0.6) is 0 Å². The van der Waals surface area contributed by atoms with Crippen molar-refractivity contribution in [3.05, 3.63) is 35.4 Å². The van der Waals surface area contributed by atoms with E-state index in [1.165, 1.54) is 6.07 Å². The number of piperidine rings is 1. The van der Waals surface area contributed by atoms with Crippen molar-refractivity contribution >= 4 is 5.71 Å².